The molecular weight excluding hydrogens is 406 g/mol. The Hall–Kier alpha value is -1.68. The average Bonchev–Trinajstić information content (AvgIpc) is 2.74. The number of rotatable bonds is 7. The highest BCUT2D eigenvalue weighted by Crippen LogP contribution is 2.18. The first-order chi connectivity index (χ1) is 14.3. The largest absolute Gasteiger partial charge is 0.353 e. The fraction of sp³-hybridized carbons (Fsp3) is 0.667. The van der Waals surface area contributed by atoms with Crippen LogP contribution in [0.4, 0.5) is 10.5 Å². The molecule has 2 aliphatic heterocycles. The van der Waals surface area contributed by atoms with Crippen molar-refractivity contribution in [2.24, 2.45) is 0 Å². The molecule has 2 amide bonds. The van der Waals surface area contributed by atoms with Crippen LogP contribution in [0, 0.1) is 0 Å². The van der Waals surface area contributed by atoms with Crippen LogP contribution >= 0.6 is 0 Å². The van der Waals surface area contributed by atoms with Crippen molar-refractivity contribution in [3.8, 4) is 0 Å². The van der Waals surface area contributed by atoms with E-state index in [9.17, 15) is 13.2 Å². The molecule has 0 radical (unpaired) electrons. The van der Waals surface area contributed by atoms with Gasteiger partial charge in [0.1, 0.15) is 0 Å². The van der Waals surface area contributed by atoms with E-state index in [0.717, 1.165) is 37.1 Å². The first-order valence-corrected chi connectivity index (χ1v) is 12.3. The molecule has 0 saturated carbocycles. The minimum Gasteiger partial charge on any atom is -0.353 e. The Morgan fingerprint density at radius 1 is 1.17 bits per heavy atom. The maximum atomic E-state index is 12.5. The molecule has 0 aliphatic carbocycles. The van der Waals surface area contributed by atoms with Gasteiger partial charge in [-0.05, 0) is 63.6 Å². The molecule has 2 fully saturated rings. The van der Waals surface area contributed by atoms with Crippen molar-refractivity contribution < 1.29 is 22.7 Å². The van der Waals surface area contributed by atoms with Crippen LogP contribution in [0.25, 0.3) is 0 Å². The van der Waals surface area contributed by atoms with Crippen molar-refractivity contribution >= 4 is 21.7 Å². The molecule has 2 N–H and O–H groups in total. The number of benzene rings is 1. The lowest BCUT2D eigenvalue weighted by atomic mass is 10.1. The molecule has 1 unspecified atom stereocenters. The zero-order chi connectivity index (χ0) is 21.6. The van der Waals surface area contributed by atoms with E-state index in [4.69, 9.17) is 9.47 Å². The van der Waals surface area contributed by atoms with E-state index in [-0.39, 0.29) is 18.4 Å². The normalized spacial score (nSPS) is 21.0. The third-order valence-electron chi connectivity index (χ3n) is 5.51. The Balaban J connectivity index is 1.41. The van der Waals surface area contributed by atoms with E-state index < -0.39 is 15.3 Å². The summed E-state index contributed by atoms with van der Waals surface area (Å²) in [5.74, 6) is 0. The van der Waals surface area contributed by atoms with E-state index in [1.54, 1.807) is 18.7 Å². The Morgan fingerprint density at radius 3 is 2.47 bits per heavy atom. The highest BCUT2D eigenvalue weighted by Gasteiger charge is 2.27. The molecule has 9 heteroatoms. The number of anilines is 1. The van der Waals surface area contributed by atoms with Gasteiger partial charge < -0.3 is 19.7 Å². The van der Waals surface area contributed by atoms with Crippen LogP contribution in [0.2, 0.25) is 0 Å². The minimum absolute atomic E-state index is 0.117. The van der Waals surface area contributed by atoms with Crippen molar-refractivity contribution in [2.75, 3.05) is 25.0 Å². The van der Waals surface area contributed by atoms with Crippen molar-refractivity contribution in [3.63, 3.8) is 0 Å². The number of urea groups is 1. The van der Waals surface area contributed by atoms with Gasteiger partial charge in [0.15, 0.2) is 6.29 Å². The molecule has 2 saturated heterocycles. The molecule has 168 valence electrons. The summed E-state index contributed by atoms with van der Waals surface area (Å²) in [7, 11) is -3.29. The molecule has 30 heavy (non-hydrogen) atoms. The van der Waals surface area contributed by atoms with E-state index in [0.29, 0.717) is 32.5 Å². The number of likely N-dealkylation sites (tertiary alicyclic amines) is 1. The second-order valence-corrected chi connectivity index (χ2v) is 10.5. The Kier molecular flexibility index (Phi) is 8.10. The van der Waals surface area contributed by atoms with Crippen LogP contribution < -0.4 is 10.0 Å². The van der Waals surface area contributed by atoms with Crippen molar-refractivity contribution in [1.82, 2.24) is 9.62 Å². The number of carbonyl (C=O) groups is 1. The van der Waals surface area contributed by atoms with Crippen molar-refractivity contribution in [2.45, 2.75) is 70.1 Å². The van der Waals surface area contributed by atoms with Crippen LogP contribution in [0.5, 0.6) is 0 Å². The third-order valence-corrected chi connectivity index (χ3v) is 7.42. The summed E-state index contributed by atoms with van der Waals surface area (Å²) in [6.07, 6.45) is 4.27. The lowest BCUT2D eigenvalue weighted by Gasteiger charge is -2.32. The predicted molar refractivity (Wildman–Crippen MR) is 116 cm³/mol. The SMILES string of the molecule is CC(C)S(=O)(=O)NC1CCN(C(=O)Nc2ccc(COC3CCCCO3)cc2)CC1. The standard InChI is InChI=1S/C21H33N3O5S/c1-16(2)30(26,27)23-19-10-12-24(13-11-19)21(25)22-18-8-6-17(7-9-18)15-29-20-5-3-4-14-28-20/h6-9,16,19-20,23H,3-5,10-15H2,1-2H3,(H,22,25). The van der Waals surface area contributed by atoms with Gasteiger partial charge in [-0.15, -0.1) is 0 Å². The Morgan fingerprint density at radius 2 is 1.87 bits per heavy atom. The Labute approximate surface area is 179 Å². The third kappa shape index (κ3) is 6.66. The van der Waals surface area contributed by atoms with Crippen LogP contribution in [0.3, 0.4) is 0 Å². The first-order valence-electron chi connectivity index (χ1n) is 10.7. The van der Waals surface area contributed by atoms with Crippen LogP contribution in [-0.2, 0) is 26.1 Å². The minimum atomic E-state index is -3.29. The predicted octanol–water partition coefficient (Wildman–Crippen LogP) is 3.05. The molecule has 0 spiro atoms. The molecule has 2 heterocycles. The van der Waals surface area contributed by atoms with E-state index in [1.807, 2.05) is 24.3 Å². The maximum Gasteiger partial charge on any atom is 0.321 e. The number of nitrogens with one attached hydrogen (secondary N) is 2. The van der Waals surface area contributed by atoms with Gasteiger partial charge in [-0.1, -0.05) is 12.1 Å². The van der Waals surface area contributed by atoms with Crippen molar-refractivity contribution in [1.29, 1.82) is 0 Å². The van der Waals surface area contributed by atoms with E-state index >= 15 is 0 Å². The van der Waals surface area contributed by atoms with Crippen LogP contribution in [0.1, 0.15) is 51.5 Å². The lowest BCUT2D eigenvalue weighted by Crippen LogP contribution is -2.48. The van der Waals surface area contributed by atoms with Gasteiger partial charge in [-0.2, -0.15) is 0 Å². The highest BCUT2D eigenvalue weighted by molar-refractivity contribution is 7.90. The molecule has 1 atom stereocenters. The summed E-state index contributed by atoms with van der Waals surface area (Å²) in [6, 6.07) is 7.31. The van der Waals surface area contributed by atoms with Gasteiger partial charge in [-0.3, -0.25) is 0 Å². The number of hydrogen-bond acceptors (Lipinski definition) is 5. The topological polar surface area (TPSA) is 97.0 Å². The fourth-order valence-electron chi connectivity index (χ4n) is 3.49. The summed E-state index contributed by atoms with van der Waals surface area (Å²) in [5.41, 5.74) is 1.75. The Bertz CT molecular complexity index is 783. The number of amides is 2. The highest BCUT2D eigenvalue weighted by atomic mass is 32.2. The molecule has 1 aromatic carbocycles. The average molecular weight is 440 g/mol. The second kappa shape index (κ2) is 10.6. The van der Waals surface area contributed by atoms with Gasteiger partial charge in [0.05, 0.1) is 11.9 Å². The number of nitrogens with zero attached hydrogens (tertiary/aromatic N) is 1. The zero-order valence-corrected chi connectivity index (χ0v) is 18.6. The quantitative estimate of drug-likeness (QED) is 0.681. The smallest absolute Gasteiger partial charge is 0.321 e. The summed E-state index contributed by atoms with van der Waals surface area (Å²) < 4.78 is 38.1. The molecule has 0 aromatic heterocycles. The maximum absolute atomic E-state index is 12.5. The number of sulfonamides is 1. The molecular formula is C21H33N3O5S. The van der Waals surface area contributed by atoms with Gasteiger partial charge in [0.2, 0.25) is 10.0 Å². The van der Waals surface area contributed by atoms with Crippen LogP contribution in [0.15, 0.2) is 24.3 Å². The summed E-state index contributed by atoms with van der Waals surface area (Å²) in [6.45, 7) is 5.60. The lowest BCUT2D eigenvalue weighted by molar-refractivity contribution is -0.168. The van der Waals surface area contributed by atoms with Crippen LogP contribution in [-0.4, -0.2) is 56.6 Å². The molecule has 1 aromatic rings. The molecule has 8 nitrogen and oxygen atoms in total. The summed E-state index contributed by atoms with van der Waals surface area (Å²) >= 11 is 0. The number of hydrogen-bond donors (Lipinski definition) is 2. The van der Waals surface area contributed by atoms with Gasteiger partial charge in [0, 0.05) is 31.4 Å². The van der Waals surface area contributed by atoms with Gasteiger partial charge >= 0.3 is 6.03 Å². The zero-order valence-electron chi connectivity index (χ0n) is 17.8. The van der Waals surface area contributed by atoms with E-state index in [2.05, 4.69) is 10.0 Å². The van der Waals surface area contributed by atoms with E-state index in [1.165, 1.54) is 0 Å². The number of ether oxygens (including phenoxy) is 2. The summed E-state index contributed by atoms with van der Waals surface area (Å²) in [4.78, 5) is 14.2. The number of carbonyl (C=O) groups excluding carboxylic acids is 1. The molecule has 2 aliphatic rings. The first kappa shape index (κ1) is 23.0. The van der Waals surface area contributed by atoms with Gasteiger partial charge in [0.25, 0.3) is 0 Å². The second-order valence-electron chi connectivity index (χ2n) is 8.21. The molecule has 3 rings (SSSR count). The fourth-order valence-corrected chi connectivity index (χ4v) is 4.46. The summed E-state index contributed by atoms with van der Waals surface area (Å²) in [5, 5.41) is 2.45. The molecule has 0 bridgehead atoms. The van der Waals surface area contributed by atoms with Crippen molar-refractivity contribution in [3.05, 3.63) is 29.8 Å². The van der Waals surface area contributed by atoms with Gasteiger partial charge in [-0.25, -0.2) is 17.9 Å². The monoisotopic (exact) mass is 439 g/mol. The number of piperidine rings is 1.